The number of methoxy groups -OCH3 is 2. The fraction of sp³-hybridized carbons (Fsp3) is 0.0952. The largest absolute Gasteiger partial charge is 0.493 e. The molecule has 0 unspecified atom stereocenters. The first-order valence-corrected chi connectivity index (χ1v) is 11.2. The van der Waals surface area contributed by atoms with Crippen LogP contribution in [0, 0.1) is 0 Å². The van der Waals surface area contributed by atoms with Gasteiger partial charge in [0.1, 0.15) is 6.19 Å². The third-order valence-electron chi connectivity index (χ3n) is 4.06. The highest BCUT2D eigenvalue weighted by atomic mass is 32.4. The third-order valence-corrected chi connectivity index (χ3v) is 8.02. The lowest BCUT2D eigenvalue weighted by atomic mass is 10.2. The van der Waals surface area contributed by atoms with Gasteiger partial charge in [-0.2, -0.15) is 5.10 Å². The molecule has 0 spiro atoms. The number of benzene rings is 3. The van der Waals surface area contributed by atoms with Crippen LogP contribution in [0.15, 0.2) is 84.0 Å². The number of hydrogen-bond acceptors (Lipinski definition) is 4. The first-order chi connectivity index (χ1) is 13.2. The monoisotopic (exact) mass is 396 g/mol. The van der Waals surface area contributed by atoms with E-state index in [0.717, 1.165) is 16.2 Å². The Kier molecular flexibility index (Phi) is 6.28. The lowest BCUT2D eigenvalue weighted by molar-refractivity contribution is 0.355. The topological polar surface area (TPSA) is 42.8 Å². The molecule has 0 heterocycles. The summed E-state index contributed by atoms with van der Waals surface area (Å²) in [5.74, 6) is 1.34. The Labute approximate surface area is 164 Å². The van der Waals surface area contributed by atoms with Gasteiger partial charge < -0.3 is 9.47 Å². The van der Waals surface area contributed by atoms with Crippen molar-refractivity contribution in [1.29, 1.82) is 0 Å². The molecule has 1 N–H and O–H groups in total. The predicted molar refractivity (Wildman–Crippen MR) is 117 cm³/mol. The van der Waals surface area contributed by atoms with Gasteiger partial charge in [-0.15, -0.1) is 0 Å². The second-order valence-corrected chi connectivity index (χ2v) is 9.85. The van der Waals surface area contributed by atoms with E-state index < -0.39 is 6.19 Å². The zero-order valence-electron chi connectivity index (χ0n) is 15.2. The van der Waals surface area contributed by atoms with E-state index in [1.807, 2.05) is 78.9 Å². The van der Waals surface area contributed by atoms with Crippen molar-refractivity contribution in [2.75, 3.05) is 14.2 Å². The predicted octanol–water partition coefficient (Wildman–Crippen LogP) is 3.67. The molecule has 0 aliphatic carbocycles. The van der Waals surface area contributed by atoms with Gasteiger partial charge in [0, 0.05) is 10.6 Å². The van der Waals surface area contributed by atoms with Crippen molar-refractivity contribution in [3.63, 3.8) is 0 Å². The van der Waals surface area contributed by atoms with Crippen molar-refractivity contribution in [3.05, 3.63) is 84.4 Å². The Hall–Kier alpha value is -2.62. The Balaban J connectivity index is 1.90. The highest BCUT2D eigenvalue weighted by molar-refractivity contribution is 8.20. The van der Waals surface area contributed by atoms with Crippen LogP contribution >= 0.6 is 6.19 Å². The number of hydrogen-bond donors (Lipinski definition) is 1. The summed E-state index contributed by atoms with van der Waals surface area (Å²) >= 11 is 6.08. The molecule has 0 amide bonds. The zero-order valence-corrected chi connectivity index (χ0v) is 16.9. The molecule has 0 saturated carbocycles. The number of nitrogens with one attached hydrogen (secondary N) is 1. The number of rotatable bonds is 7. The van der Waals surface area contributed by atoms with Crippen LogP contribution in [-0.2, 0) is 11.8 Å². The van der Waals surface area contributed by atoms with Gasteiger partial charge >= 0.3 is 0 Å². The molecule has 138 valence electrons. The van der Waals surface area contributed by atoms with Gasteiger partial charge in [0.15, 0.2) is 11.5 Å². The van der Waals surface area contributed by atoms with Gasteiger partial charge in [0.2, 0.25) is 0 Å². The average molecular weight is 396 g/mol. The van der Waals surface area contributed by atoms with Crippen LogP contribution in [0.25, 0.3) is 0 Å². The van der Waals surface area contributed by atoms with Crippen LogP contribution in [0.1, 0.15) is 5.56 Å². The number of ether oxygens (including phenoxy) is 2. The summed E-state index contributed by atoms with van der Waals surface area (Å²) in [7, 11) is 3.23. The van der Waals surface area contributed by atoms with Crippen molar-refractivity contribution in [2.45, 2.75) is 0 Å². The molecule has 3 rings (SSSR count). The highest BCUT2D eigenvalue weighted by Crippen LogP contribution is 2.39. The maximum Gasteiger partial charge on any atom is 0.161 e. The fourth-order valence-electron chi connectivity index (χ4n) is 2.66. The van der Waals surface area contributed by atoms with Crippen LogP contribution in [0.2, 0.25) is 0 Å². The summed E-state index contributed by atoms with van der Waals surface area (Å²) in [4.78, 5) is 0. The molecule has 0 fully saturated rings. The molecule has 0 aliphatic rings. The van der Waals surface area contributed by atoms with E-state index >= 15 is 0 Å². The van der Waals surface area contributed by atoms with E-state index in [1.54, 1.807) is 20.4 Å². The Morgan fingerprint density at radius 3 is 1.89 bits per heavy atom. The molecule has 3 aromatic rings. The van der Waals surface area contributed by atoms with Crippen LogP contribution < -0.4 is 25.3 Å². The van der Waals surface area contributed by atoms with E-state index in [4.69, 9.17) is 21.3 Å². The van der Waals surface area contributed by atoms with Gasteiger partial charge in [-0.25, -0.2) is 0 Å². The van der Waals surface area contributed by atoms with E-state index in [-0.39, 0.29) is 0 Å². The lowest BCUT2D eigenvalue weighted by Crippen LogP contribution is -2.24. The van der Waals surface area contributed by atoms with Crippen molar-refractivity contribution < 1.29 is 9.47 Å². The maximum absolute atomic E-state index is 6.08. The second-order valence-electron chi connectivity index (χ2n) is 5.75. The number of hydrazone groups is 1. The van der Waals surface area contributed by atoms with Gasteiger partial charge in [-0.1, -0.05) is 72.5 Å². The molecule has 0 aromatic heterocycles. The van der Waals surface area contributed by atoms with Gasteiger partial charge in [-0.3, -0.25) is 5.20 Å². The van der Waals surface area contributed by atoms with Crippen molar-refractivity contribution in [3.8, 4) is 11.5 Å². The van der Waals surface area contributed by atoms with Crippen molar-refractivity contribution >= 4 is 34.8 Å². The summed E-state index contributed by atoms with van der Waals surface area (Å²) in [6, 6.07) is 25.8. The molecule has 27 heavy (non-hydrogen) atoms. The van der Waals surface area contributed by atoms with Crippen molar-refractivity contribution in [2.24, 2.45) is 5.10 Å². The quantitative estimate of drug-likeness (QED) is 0.376. The number of nitrogens with zero attached hydrogens (tertiary/aromatic N) is 1. The molecule has 6 heteroatoms. The molecular weight excluding hydrogens is 375 g/mol. The smallest absolute Gasteiger partial charge is 0.161 e. The fourth-order valence-corrected chi connectivity index (χ4v) is 5.46. The molecule has 0 aliphatic heterocycles. The summed E-state index contributed by atoms with van der Waals surface area (Å²) in [5, 5.41) is 9.87. The minimum absolute atomic E-state index is 0.659. The van der Waals surface area contributed by atoms with E-state index in [2.05, 4.69) is 10.3 Å². The van der Waals surface area contributed by atoms with Gasteiger partial charge in [0.05, 0.1) is 20.4 Å². The molecule has 0 bridgehead atoms. The minimum atomic E-state index is -2.27. The third kappa shape index (κ3) is 4.38. The van der Waals surface area contributed by atoms with Gasteiger partial charge in [-0.05, 0) is 23.8 Å². The normalized spacial score (nSPS) is 11.3. The van der Waals surface area contributed by atoms with Crippen LogP contribution in [0.3, 0.4) is 0 Å². The van der Waals surface area contributed by atoms with Crippen LogP contribution in [-0.4, -0.2) is 20.4 Å². The first kappa shape index (κ1) is 19.2. The van der Waals surface area contributed by atoms with Gasteiger partial charge in [0.25, 0.3) is 0 Å². The summed E-state index contributed by atoms with van der Waals surface area (Å²) in [6.07, 6.45) is -0.521. The second kappa shape index (κ2) is 8.85. The minimum Gasteiger partial charge on any atom is -0.493 e. The standard InChI is InChI=1S/C21H21N2O2PS/c1-24-20-14-13-17(15-21(20)25-2)16-22-23-26(27,18-9-5-3-6-10-18)19-11-7-4-8-12-19/h3-16H,1-2H3,(H,23,27)/b22-16+. The Morgan fingerprint density at radius 2 is 1.37 bits per heavy atom. The molecule has 0 atom stereocenters. The maximum atomic E-state index is 6.08. The van der Waals surface area contributed by atoms with E-state index in [9.17, 15) is 0 Å². The molecule has 4 nitrogen and oxygen atoms in total. The summed E-state index contributed by atoms with van der Waals surface area (Å²) in [5.41, 5.74) is 0.892. The summed E-state index contributed by atoms with van der Waals surface area (Å²) < 4.78 is 10.6. The molecular formula is C21H21N2O2PS. The van der Waals surface area contributed by atoms with E-state index in [0.29, 0.717) is 11.5 Å². The Morgan fingerprint density at radius 1 is 0.815 bits per heavy atom. The first-order valence-electron chi connectivity index (χ1n) is 8.41. The molecule has 0 saturated heterocycles. The van der Waals surface area contributed by atoms with Crippen LogP contribution in [0.5, 0.6) is 11.5 Å². The van der Waals surface area contributed by atoms with Crippen LogP contribution in [0.4, 0.5) is 0 Å². The molecule has 0 radical (unpaired) electrons. The highest BCUT2D eigenvalue weighted by Gasteiger charge is 2.21. The SMILES string of the molecule is COc1ccc(/C=N/NP(=S)(c2ccccc2)c2ccccc2)cc1OC. The van der Waals surface area contributed by atoms with Crippen molar-refractivity contribution in [1.82, 2.24) is 5.20 Å². The zero-order chi connectivity index (χ0) is 19.1. The lowest BCUT2D eigenvalue weighted by Gasteiger charge is -2.22. The Bertz CT molecular complexity index is 919. The summed E-state index contributed by atoms with van der Waals surface area (Å²) in [6.45, 7) is 0. The van der Waals surface area contributed by atoms with E-state index in [1.165, 1.54) is 0 Å². The molecule has 3 aromatic carbocycles. The average Bonchev–Trinajstić information content (AvgIpc) is 2.74.